The van der Waals surface area contributed by atoms with Crippen LogP contribution < -0.4 is 4.72 Å². The summed E-state index contributed by atoms with van der Waals surface area (Å²) in [6.07, 6.45) is 4.68. The zero-order valence-electron chi connectivity index (χ0n) is 8.26. The number of H-pyrrole nitrogens is 1. The van der Waals surface area contributed by atoms with E-state index < -0.39 is 20.8 Å². The number of nitrogens with zero attached hydrogens (tertiary/aromatic N) is 1. The molecule has 0 saturated carbocycles. The topological polar surface area (TPSA) is 91.9 Å². The molecule has 0 fully saturated rings. The minimum absolute atomic E-state index is 0.0418. The van der Waals surface area contributed by atoms with Crippen LogP contribution in [0.3, 0.4) is 0 Å². The van der Waals surface area contributed by atoms with E-state index in [0.29, 0.717) is 12.2 Å². The number of imidazole rings is 1. The van der Waals surface area contributed by atoms with Crippen LogP contribution in [0.1, 0.15) is 6.42 Å². The third-order valence-electron chi connectivity index (χ3n) is 1.66. The maximum atomic E-state index is 11.5. The quantitative estimate of drug-likeness (QED) is 0.664. The van der Waals surface area contributed by atoms with Gasteiger partial charge in [-0.25, -0.2) is 18.1 Å². The molecule has 1 atom stereocenters. The summed E-state index contributed by atoms with van der Waals surface area (Å²) in [5.74, 6) is 0.492. The molecule has 15 heavy (non-hydrogen) atoms. The minimum Gasteiger partial charge on any atom is -0.335 e. The maximum Gasteiger partial charge on any atom is 0.257 e. The Morgan fingerprint density at radius 3 is 2.87 bits per heavy atom. The van der Waals surface area contributed by atoms with Gasteiger partial charge >= 0.3 is 0 Å². The highest BCUT2D eigenvalue weighted by atomic mass is 32.2. The second kappa shape index (κ2) is 5.38. The Morgan fingerprint density at radius 2 is 2.33 bits per heavy atom. The van der Waals surface area contributed by atoms with Crippen molar-refractivity contribution >= 4 is 20.8 Å². The van der Waals surface area contributed by atoms with Gasteiger partial charge < -0.3 is 4.98 Å². The summed E-state index contributed by atoms with van der Waals surface area (Å²) in [6, 6.07) is 0. The lowest BCUT2D eigenvalue weighted by atomic mass is 10.5. The second-order valence-corrected chi connectivity index (χ2v) is 6.23. The van der Waals surface area contributed by atoms with Gasteiger partial charge in [0.1, 0.15) is 0 Å². The first kappa shape index (κ1) is 12.3. The first-order valence-corrected chi connectivity index (χ1v) is 7.51. The van der Waals surface area contributed by atoms with Crippen molar-refractivity contribution in [1.29, 1.82) is 0 Å². The van der Waals surface area contributed by atoms with Crippen LogP contribution in [0.15, 0.2) is 17.6 Å². The molecule has 2 N–H and O–H groups in total. The molecule has 0 spiro atoms. The molecule has 1 unspecified atom stereocenters. The number of sulfonamides is 1. The Bertz CT molecular complexity index is 413. The molecule has 0 saturated heterocycles. The third kappa shape index (κ3) is 4.10. The van der Waals surface area contributed by atoms with Gasteiger partial charge in [0.2, 0.25) is 0 Å². The summed E-state index contributed by atoms with van der Waals surface area (Å²) in [5, 5.41) is 0.0418. The zero-order chi connectivity index (χ0) is 11.3. The summed E-state index contributed by atoms with van der Waals surface area (Å²) >= 11 is 0. The van der Waals surface area contributed by atoms with E-state index in [1.54, 1.807) is 6.26 Å². The first-order chi connectivity index (χ1) is 7.02. The van der Waals surface area contributed by atoms with Crippen molar-refractivity contribution in [2.45, 2.75) is 11.4 Å². The van der Waals surface area contributed by atoms with Gasteiger partial charge in [-0.1, -0.05) is 0 Å². The van der Waals surface area contributed by atoms with Crippen LogP contribution in [-0.4, -0.2) is 41.1 Å². The Labute approximate surface area is 91.0 Å². The molecule has 0 amide bonds. The van der Waals surface area contributed by atoms with Crippen molar-refractivity contribution in [2.24, 2.45) is 0 Å². The average Bonchev–Trinajstić information content (AvgIpc) is 2.65. The molecular formula is C7H13N3O3S2. The van der Waals surface area contributed by atoms with Crippen LogP contribution in [0, 0.1) is 0 Å². The summed E-state index contributed by atoms with van der Waals surface area (Å²) in [4.78, 5) is 6.13. The second-order valence-electron chi connectivity index (χ2n) is 2.94. The molecule has 6 nitrogen and oxygen atoms in total. The number of aromatic amines is 1. The van der Waals surface area contributed by atoms with E-state index in [-0.39, 0.29) is 11.6 Å². The number of hydrogen-bond donors (Lipinski definition) is 2. The monoisotopic (exact) mass is 251 g/mol. The lowest BCUT2D eigenvalue weighted by Gasteiger charge is -2.03. The lowest BCUT2D eigenvalue weighted by molar-refractivity contribution is 0.577. The molecule has 0 radical (unpaired) electrons. The summed E-state index contributed by atoms with van der Waals surface area (Å²) < 4.78 is 36.1. The molecule has 1 aromatic rings. The predicted octanol–water partition coefficient (Wildman–Crippen LogP) is -0.543. The van der Waals surface area contributed by atoms with Crippen molar-refractivity contribution in [3.05, 3.63) is 12.5 Å². The van der Waals surface area contributed by atoms with Crippen molar-refractivity contribution in [3.8, 4) is 0 Å². The van der Waals surface area contributed by atoms with Gasteiger partial charge in [-0.2, -0.15) is 0 Å². The molecule has 1 aromatic heterocycles. The van der Waals surface area contributed by atoms with Gasteiger partial charge in [0.05, 0.1) is 12.5 Å². The number of rotatable bonds is 6. The standard InChI is InChI=1S/C7H13N3O3S2/c1-14(11)4-2-3-10-15(12,13)7-5-8-6-9-7/h5-6,10H,2-4H2,1H3,(H,8,9). The van der Waals surface area contributed by atoms with Crippen LogP contribution in [0.2, 0.25) is 0 Å². The van der Waals surface area contributed by atoms with Gasteiger partial charge in [0, 0.05) is 29.4 Å². The first-order valence-electron chi connectivity index (χ1n) is 4.30. The fourth-order valence-electron chi connectivity index (χ4n) is 0.950. The Hall–Kier alpha value is -0.730. The van der Waals surface area contributed by atoms with E-state index in [2.05, 4.69) is 14.7 Å². The highest BCUT2D eigenvalue weighted by Crippen LogP contribution is 2.01. The fraction of sp³-hybridized carbons (Fsp3) is 0.571. The summed E-state index contributed by atoms with van der Waals surface area (Å²) in [5.41, 5.74) is 0. The molecule has 0 aliphatic heterocycles. The van der Waals surface area contributed by atoms with E-state index >= 15 is 0 Å². The average molecular weight is 251 g/mol. The van der Waals surface area contributed by atoms with Crippen molar-refractivity contribution in [3.63, 3.8) is 0 Å². The Balaban J connectivity index is 2.42. The van der Waals surface area contributed by atoms with Crippen molar-refractivity contribution < 1.29 is 12.6 Å². The van der Waals surface area contributed by atoms with Gasteiger partial charge in [-0.3, -0.25) is 4.21 Å². The lowest BCUT2D eigenvalue weighted by Crippen LogP contribution is -2.25. The van der Waals surface area contributed by atoms with Gasteiger partial charge in [-0.05, 0) is 6.42 Å². The zero-order valence-corrected chi connectivity index (χ0v) is 9.90. The SMILES string of the molecule is CS(=O)CCCNS(=O)(=O)c1cnc[nH]1. The van der Waals surface area contributed by atoms with Gasteiger partial charge in [0.15, 0.2) is 5.03 Å². The third-order valence-corrected chi connectivity index (χ3v) is 3.91. The molecule has 8 heteroatoms. The van der Waals surface area contributed by atoms with Crippen LogP contribution >= 0.6 is 0 Å². The molecule has 1 rings (SSSR count). The van der Waals surface area contributed by atoms with E-state index in [1.807, 2.05) is 0 Å². The van der Waals surface area contributed by atoms with Crippen molar-refractivity contribution in [2.75, 3.05) is 18.6 Å². The van der Waals surface area contributed by atoms with Crippen LogP contribution in [0.5, 0.6) is 0 Å². The highest BCUT2D eigenvalue weighted by molar-refractivity contribution is 7.89. The highest BCUT2D eigenvalue weighted by Gasteiger charge is 2.13. The fourth-order valence-corrected chi connectivity index (χ4v) is 2.48. The van der Waals surface area contributed by atoms with Crippen molar-refractivity contribution in [1.82, 2.24) is 14.7 Å². The molecule has 0 aliphatic carbocycles. The number of aromatic nitrogens is 2. The van der Waals surface area contributed by atoms with E-state index in [4.69, 9.17) is 0 Å². The number of hydrogen-bond acceptors (Lipinski definition) is 4. The van der Waals surface area contributed by atoms with E-state index in [9.17, 15) is 12.6 Å². The molecule has 1 heterocycles. The molecule has 0 aromatic carbocycles. The largest absolute Gasteiger partial charge is 0.335 e. The summed E-state index contributed by atoms with van der Waals surface area (Å²) in [6.45, 7) is 0.279. The normalized spacial score (nSPS) is 13.9. The van der Waals surface area contributed by atoms with Crippen LogP contribution in [0.25, 0.3) is 0 Å². The summed E-state index contributed by atoms with van der Waals surface area (Å²) in [7, 11) is -4.37. The van der Waals surface area contributed by atoms with Gasteiger partial charge in [0.25, 0.3) is 10.0 Å². The van der Waals surface area contributed by atoms with E-state index in [1.165, 1.54) is 12.5 Å². The molecule has 86 valence electrons. The predicted molar refractivity (Wildman–Crippen MR) is 57.3 cm³/mol. The minimum atomic E-state index is -3.48. The molecule has 0 bridgehead atoms. The van der Waals surface area contributed by atoms with Crippen LogP contribution in [0.4, 0.5) is 0 Å². The maximum absolute atomic E-state index is 11.5. The smallest absolute Gasteiger partial charge is 0.257 e. The molecular weight excluding hydrogens is 238 g/mol. The van der Waals surface area contributed by atoms with E-state index in [0.717, 1.165) is 0 Å². The Kier molecular flexibility index (Phi) is 4.43. The van der Waals surface area contributed by atoms with Gasteiger partial charge in [-0.15, -0.1) is 0 Å². The molecule has 0 aliphatic rings. The Morgan fingerprint density at radius 1 is 1.60 bits per heavy atom. The number of nitrogens with one attached hydrogen (secondary N) is 2. The van der Waals surface area contributed by atoms with Crippen LogP contribution in [-0.2, 0) is 20.8 Å².